The summed E-state index contributed by atoms with van der Waals surface area (Å²) in [5.41, 5.74) is 0.828. The van der Waals surface area contributed by atoms with Crippen LogP contribution in [0.2, 0.25) is 0 Å². The third kappa shape index (κ3) is 7.24. The molecule has 1 N–H and O–H groups in total. The Balaban J connectivity index is 2.18. The number of amides is 2. The highest BCUT2D eigenvalue weighted by Crippen LogP contribution is 2.22. The van der Waals surface area contributed by atoms with Crippen LogP contribution in [0.4, 0.5) is 14.5 Å². The average Bonchev–Trinajstić information content (AvgIpc) is 2.78. The van der Waals surface area contributed by atoms with Crippen LogP contribution in [-0.4, -0.2) is 51.0 Å². The number of rotatable bonds is 11. The van der Waals surface area contributed by atoms with E-state index in [4.69, 9.17) is 0 Å². The van der Waals surface area contributed by atoms with Crippen LogP contribution in [0.25, 0.3) is 0 Å². The van der Waals surface area contributed by atoms with E-state index in [1.807, 2.05) is 30.3 Å². The maximum absolute atomic E-state index is 13.6. The van der Waals surface area contributed by atoms with Gasteiger partial charge in [-0.05, 0) is 30.5 Å². The van der Waals surface area contributed by atoms with Gasteiger partial charge in [-0.3, -0.25) is 13.9 Å². The van der Waals surface area contributed by atoms with Crippen molar-refractivity contribution >= 4 is 27.5 Å². The lowest BCUT2D eigenvalue weighted by Crippen LogP contribution is -2.48. The van der Waals surface area contributed by atoms with Gasteiger partial charge >= 0.3 is 0 Å². The summed E-state index contributed by atoms with van der Waals surface area (Å²) in [4.78, 5) is 27.0. The first kappa shape index (κ1) is 26.2. The molecule has 2 aromatic carbocycles. The number of anilines is 1. The van der Waals surface area contributed by atoms with Crippen molar-refractivity contribution in [3.8, 4) is 0 Å². The van der Waals surface area contributed by atoms with Crippen molar-refractivity contribution in [3.05, 3.63) is 65.7 Å². The van der Waals surface area contributed by atoms with Crippen LogP contribution in [0, 0.1) is 11.6 Å². The van der Waals surface area contributed by atoms with Crippen LogP contribution < -0.4 is 9.62 Å². The van der Waals surface area contributed by atoms with E-state index >= 15 is 0 Å². The van der Waals surface area contributed by atoms with Gasteiger partial charge in [0.25, 0.3) is 0 Å². The highest BCUT2D eigenvalue weighted by molar-refractivity contribution is 7.92. The zero-order chi connectivity index (χ0) is 24.6. The predicted octanol–water partition coefficient (Wildman–Crippen LogP) is 3.06. The van der Waals surface area contributed by atoms with Gasteiger partial charge in [0, 0.05) is 32.6 Å². The largest absolute Gasteiger partial charge is 0.357 e. The molecular formula is C23H29F2N3O4S. The minimum absolute atomic E-state index is 0.0261. The van der Waals surface area contributed by atoms with Gasteiger partial charge in [0.2, 0.25) is 21.8 Å². The summed E-state index contributed by atoms with van der Waals surface area (Å²) in [7, 11) is -2.30. The Morgan fingerprint density at radius 1 is 1.06 bits per heavy atom. The normalized spacial score (nSPS) is 12.2. The van der Waals surface area contributed by atoms with Gasteiger partial charge in [-0.2, -0.15) is 0 Å². The molecule has 33 heavy (non-hydrogen) atoms. The molecule has 0 aliphatic heterocycles. The van der Waals surface area contributed by atoms with Gasteiger partial charge in [-0.15, -0.1) is 0 Å². The van der Waals surface area contributed by atoms with E-state index in [1.54, 1.807) is 6.92 Å². The van der Waals surface area contributed by atoms with Gasteiger partial charge in [0.1, 0.15) is 6.04 Å². The van der Waals surface area contributed by atoms with Crippen molar-refractivity contribution in [2.24, 2.45) is 0 Å². The number of halogens is 2. The molecule has 2 aromatic rings. The molecular weight excluding hydrogens is 452 g/mol. The summed E-state index contributed by atoms with van der Waals surface area (Å²) in [5, 5.41) is 2.58. The minimum atomic E-state index is -3.80. The summed E-state index contributed by atoms with van der Waals surface area (Å²) >= 11 is 0. The first-order chi connectivity index (χ1) is 15.6. The molecule has 0 aliphatic carbocycles. The topological polar surface area (TPSA) is 86.8 Å². The monoisotopic (exact) mass is 481 g/mol. The molecule has 0 radical (unpaired) electrons. The number of sulfonamides is 1. The van der Waals surface area contributed by atoms with Gasteiger partial charge in [0.15, 0.2) is 11.6 Å². The lowest BCUT2D eigenvalue weighted by atomic mass is 10.1. The SMILES string of the molecule is CC[C@H](C(=O)NC)N(Cc1ccccc1)C(=O)CCCN(c1ccc(F)c(F)c1)S(C)(=O)=O. The van der Waals surface area contributed by atoms with Crippen molar-refractivity contribution in [1.82, 2.24) is 10.2 Å². The molecule has 0 unspecified atom stereocenters. The van der Waals surface area contributed by atoms with Gasteiger partial charge < -0.3 is 10.2 Å². The van der Waals surface area contributed by atoms with Crippen LogP contribution in [0.1, 0.15) is 31.7 Å². The molecule has 0 fully saturated rings. The quantitative estimate of drug-likeness (QED) is 0.535. The van der Waals surface area contributed by atoms with Gasteiger partial charge in [-0.1, -0.05) is 37.3 Å². The van der Waals surface area contributed by atoms with E-state index in [-0.39, 0.29) is 43.4 Å². The number of hydrogen-bond donors (Lipinski definition) is 1. The molecule has 10 heteroatoms. The van der Waals surface area contributed by atoms with Crippen LogP contribution >= 0.6 is 0 Å². The van der Waals surface area contributed by atoms with Gasteiger partial charge in [-0.25, -0.2) is 17.2 Å². The lowest BCUT2D eigenvalue weighted by molar-refractivity contribution is -0.141. The maximum Gasteiger partial charge on any atom is 0.242 e. The van der Waals surface area contributed by atoms with E-state index in [1.165, 1.54) is 18.0 Å². The number of likely N-dealkylation sites (N-methyl/N-ethyl adjacent to an activating group) is 1. The standard InChI is InChI=1S/C23H29F2N3O4S/c1-4-21(23(30)26-2)27(16-17-9-6-5-7-10-17)22(29)11-8-14-28(33(3,31)32)18-12-13-19(24)20(25)15-18/h5-7,9-10,12-13,15,21H,4,8,11,14,16H2,1-3H3,(H,26,30)/t21-/m1/s1. The fourth-order valence-corrected chi connectivity index (χ4v) is 4.47. The first-order valence-corrected chi connectivity index (χ1v) is 12.4. The Bertz CT molecular complexity index is 1060. The van der Waals surface area contributed by atoms with Crippen molar-refractivity contribution in [1.29, 1.82) is 0 Å². The number of hydrogen-bond acceptors (Lipinski definition) is 4. The van der Waals surface area contributed by atoms with E-state index in [0.717, 1.165) is 28.3 Å². The zero-order valence-corrected chi connectivity index (χ0v) is 19.7. The summed E-state index contributed by atoms with van der Waals surface area (Å²) in [6.45, 7) is 1.93. The number of nitrogens with one attached hydrogen (secondary N) is 1. The van der Waals surface area contributed by atoms with Gasteiger partial charge in [0.05, 0.1) is 11.9 Å². The number of nitrogens with zero attached hydrogens (tertiary/aromatic N) is 2. The molecule has 0 heterocycles. The molecule has 7 nitrogen and oxygen atoms in total. The summed E-state index contributed by atoms with van der Waals surface area (Å²) in [5.74, 6) is -2.85. The smallest absolute Gasteiger partial charge is 0.242 e. The third-order valence-electron chi connectivity index (χ3n) is 5.17. The molecule has 2 amide bonds. The lowest BCUT2D eigenvalue weighted by Gasteiger charge is -2.30. The second kappa shape index (κ2) is 11.7. The summed E-state index contributed by atoms with van der Waals surface area (Å²) in [6.07, 6.45) is 1.45. The zero-order valence-electron chi connectivity index (χ0n) is 18.9. The first-order valence-electron chi connectivity index (χ1n) is 10.6. The molecule has 1 atom stereocenters. The Kier molecular flexibility index (Phi) is 9.33. The number of carbonyl (C=O) groups excluding carboxylic acids is 2. The molecule has 0 saturated carbocycles. The van der Waals surface area contributed by atoms with E-state index < -0.39 is 27.7 Å². The maximum atomic E-state index is 13.6. The molecule has 0 aromatic heterocycles. The number of carbonyl (C=O) groups is 2. The van der Waals surface area contributed by atoms with E-state index in [2.05, 4.69) is 5.32 Å². The predicted molar refractivity (Wildman–Crippen MR) is 123 cm³/mol. The summed E-state index contributed by atoms with van der Waals surface area (Å²) < 4.78 is 52.3. The molecule has 0 aliphatic rings. The van der Waals surface area contributed by atoms with E-state index in [0.29, 0.717) is 6.42 Å². The molecule has 0 spiro atoms. The Labute approximate surface area is 193 Å². The van der Waals surface area contributed by atoms with Crippen molar-refractivity contribution in [3.63, 3.8) is 0 Å². The molecule has 2 rings (SSSR count). The van der Waals surface area contributed by atoms with Crippen molar-refractivity contribution in [2.45, 2.75) is 38.8 Å². The van der Waals surface area contributed by atoms with Crippen molar-refractivity contribution < 1.29 is 26.8 Å². The summed E-state index contributed by atoms with van der Waals surface area (Å²) in [6, 6.07) is 11.4. The highest BCUT2D eigenvalue weighted by atomic mass is 32.2. The second-order valence-corrected chi connectivity index (χ2v) is 9.49. The third-order valence-corrected chi connectivity index (χ3v) is 6.37. The van der Waals surface area contributed by atoms with Crippen LogP contribution in [0.15, 0.2) is 48.5 Å². The molecule has 180 valence electrons. The van der Waals surface area contributed by atoms with Crippen LogP contribution in [0.3, 0.4) is 0 Å². The van der Waals surface area contributed by atoms with Crippen LogP contribution in [0.5, 0.6) is 0 Å². The highest BCUT2D eigenvalue weighted by Gasteiger charge is 2.28. The average molecular weight is 482 g/mol. The molecule has 0 saturated heterocycles. The second-order valence-electron chi connectivity index (χ2n) is 7.58. The Morgan fingerprint density at radius 2 is 1.73 bits per heavy atom. The van der Waals surface area contributed by atoms with E-state index in [9.17, 15) is 26.8 Å². The molecule has 0 bridgehead atoms. The fraction of sp³-hybridized carbons (Fsp3) is 0.391. The Hall–Kier alpha value is -3.01. The number of benzene rings is 2. The van der Waals surface area contributed by atoms with Crippen LogP contribution in [-0.2, 0) is 26.2 Å². The van der Waals surface area contributed by atoms with Crippen molar-refractivity contribution in [2.75, 3.05) is 24.2 Å². The fourth-order valence-electron chi connectivity index (χ4n) is 3.51. The minimum Gasteiger partial charge on any atom is -0.357 e. The Morgan fingerprint density at radius 3 is 2.27 bits per heavy atom.